The summed E-state index contributed by atoms with van der Waals surface area (Å²) >= 11 is 0. The van der Waals surface area contributed by atoms with Crippen LogP contribution in [-0.4, -0.2) is 17.8 Å². The maximum Gasteiger partial charge on any atom is 0.213 e. The van der Waals surface area contributed by atoms with Gasteiger partial charge < -0.3 is 4.84 Å². The first kappa shape index (κ1) is 9.57. The van der Waals surface area contributed by atoms with Crippen LogP contribution < -0.4 is 0 Å². The summed E-state index contributed by atoms with van der Waals surface area (Å²) in [4.78, 5) is 7.72. The smallest absolute Gasteiger partial charge is 0.213 e. The minimum absolute atomic E-state index is 0.0148. The quantitative estimate of drug-likeness (QED) is 0.409. The van der Waals surface area contributed by atoms with Crippen LogP contribution in [0.15, 0.2) is 17.4 Å². The highest BCUT2D eigenvalue weighted by atomic mass is 19.1. The third-order valence-corrected chi connectivity index (χ3v) is 1.25. The molecule has 0 aromatic carbocycles. The van der Waals surface area contributed by atoms with Gasteiger partial charge in [0.05, 0.1) is 12.4 Å². The summed E-state index contributed by atoms with van der Waals surface area (Å²) in [5, 5.41) is 3.40. The molecule has 0 saturated carbocycles. The van der Waals surface area contributed by atoms with Crippen LogP contribution >= 0.6 is 0 Å². The second kappa shape index (κ2) is 4.49. The third kappa shape index (κ3) is 2.77. The fourth-order valence-electron chi connectivity index (χ4n) is 0.695. The zero-order chi connectivity index (χ0) is 9.68. The normalized spacial score (nSPS) is 10.7. The maximum atomic E-state index is 12.8. The van der Waals surface area contributed by atoms with Crippen molar-refractivity contribution in [1.29, 1.82) is 0 Å². The lowest BCUT2D eigenvalue weighted by atomic mass is 10.3. The first-order chi connectivity index (χ1) is 6.24. The zero-order valence-corrected chi connectivity index (χ0v) is 7.00. The molecule has 70 valence electrons. The molecule has 0 aliphatic heterocycles. The fourth-order valence-corrected chi connectivity index (χ4v) is 0.695. The minimum Gasteiger partial charge on any atom is -0.396 e. The zero-order valence-electron chi connectivity index (χ0n) is 7.00. The molecule has 5 heteroatoms. The molecular formula is C8H8F2N2O. The fraction of sp³-hybridized carbons (Fsp3) is 0.250. The van der Waals surface area contributed by atoms with E-state index in [1.54, 1.807) is 6.92 Å². The van der Waals surface area contributed by atoms with Gasteiger partial charge in [-0.05, 0) is 6.92 Å². The summed E-state index contributed by atoms with van der Waals surface area (Å²) in [6.07, 6.45) is 1.90. The molecule has 3 nitrogen and oxygen atoms in total. The molecule has 0 aliphatic carbocycles. The molecule has 1 aromatic heterocycles. The van der Waals surface area contributed by atoms with Crippen molar-refractivity contribution < 1.29 is 13.6 Å². The van der Waals surface area contributed by atoms with E-state index in [9.17, 15) is 8.78 Å². The van der Waals surface area contributed by atoms with E-state index in [4.69, 9.17) is 0 Å². The summed E-state index contributed by atoms with van der Waals surface area (Å²) in [5.74, 6) is -1.38. The Balaban J connectivity index is 2.81. The molecule has 0 unspecified atom stereocenters. The van der Waals surface area contributed by atoms with E-state index in [0.717, 1.165) is 18.5 Å². The Kier molecular flexibility index (Phi) is 3.31. The molecule has 1 aromatic rings. The Bertz CT molecular complexity index is 315. The summed E-state index contributed by atoms with van der Waals surface area (Å²) in [5.41, 5.74) is 0.0148. The predicted molar refractivity (Wildman–Crippen MR) is 43.4 cm³/mol. The van der Waals surface area contributed by atoms with Crippen LogP contribution in [0, 0.1) is 11.8 Å². The number of pyridine rings is 1. The number of oxime groups is 1. The molecule has 0 radical (unpaired) electrons. The van der Waals surface area contributed by atoms with Gasteiger partial charge >= 0.3 is 0 Å². The Hall–Kier alpha value is -1.52. The van der Waals surface area contributed by atoms with Gasteiger partial charge in [-0.15, -0.1) is 0 Å². The molecular weight excluding hydrogens is 178 g/mol. The lowest BCUT2D eigenvalue weighted by Gasteiger charge is -1.95. The molecule has 0 amide bonds. The van der Waals surface area contributed by atoms with Gasteiger partial charge in [-0.3, -0.25) is 0 Å². The number of hydrogen-bond acceptors (Lipinski definition) is 3. The molecule has 0 fully saturated rings. The highest BCUT2D eigenvalue weighted by Gasteiger charge is 2.01. The van der Waals surface area contributed by atoms with Crippen molar-refractivity contribution in [2.24, 2.45) is 5.16 Å². The first-order valence-electron chi connectivity index (χ1n) is 3.70. The topological polar surface area (TPSA) is 34.5 Å². The molecule has 0 bridgehead atoms. The molecule has 1 rings (SSSR count). The number of halogens is 2. The molecule has 0 aliphatic rings. The van der Waals surface area contributed by atoms with E-state index in [1.807, 2.05) is 0 Å². The lowest BCUT2D eigenvalue weighted by molar-refractivity contribution is 0.160. The van der Waals surface area contributed by atoms with Crippen molar-refractivity contribution in [2.75, 3.05) is 6.61 Å². The van der Waals surface area contributed by atoms with Gasteiger partial charge in [0.15, 0.2) is 5.82 Å². The van der Waals surface area contributed by atoms with E-state index in [2.05, 4.69) is 15.0 Å². The van der Waals surface area contributed by atoms with Gasteiger partial charge in [0, 0.05) is 11.6 Å². The summed E-state index contributed by atoms with van der Waals surface area (Å²) in [6.45, 7) is 2.12. The Morgan fingerprint density at radius 1 is 1.62 bits per heavy atom. The molecule has 0 spiro atoms. The van der Waals surface area contributed by atoms with Crippen LogP contribution in [0.25, 0.3) is 0 Å². The highest BCUT2D eigenvalue weighted by Crippen LogP contribution is 2.03. The Morgan fingerprint density at radius 3 is 3.08 bits per heavy atom. The maximum absolute atomic E-state index is 12.8. The lowest BCUT2D eigenvalue weighted by Crippen LogP contribution is -1.93. The van der Waals surface area contributed by atoms with Gasteiger partial charge in [0.2, 0.25) is 5.95 Å². The van der Waals surface area contributed by atoms with Crippen LogP contribution in [0.2, 0.25) is 0 Å². The first-order valence-corrected chi connectivity index (χ1v) is 3.70. The second-order valence-electron chi connectivity index (χ2n) is 2.18. The molecule has 0 N–H and O–H groups in total. The van der Waals surface area contributed by atoms with Gasteiger partial charge in [-0.25, -0.2) is 9.37 Å². The van der Waals surface area contributed by atoms with Crippen LogP contribution in [0.3, 0.4) is 0 Å². The number of rotatable bonds is 3. The van der Waals surface area contributed by atoms with Crippen molar-refractivity contribution in [2.45, 2.75) is 6.92 Å². The average Bonchev–Trinajstić information content (AvgIpc) is 2.11. The summed E-state index contributed by atoms with van der Waals surface area (Å²) in [7, 11) is 0. The Labute approximate surface area is 74.0 Å². The molecule has 0 atom stereocenters. The number of nitrogens with zero attached hydrogens (tertiary/aromatic N) is 2. The van der Waals surface area contributed by atoms with E-state index >= 15 is 0 Å². The number of hydrogen-bond donors (Lipinski definition) is 0. The van der Waals surface area contributed by atoms with Crippen molar-refractivity contribution in [3.63, 3.8) is 0 Å². The summed E-state index contributed by atoms with van der Waals surface area (Å²) < 4.78 is 25.3. The molecule has 1 heterocycles. The predicted octanol–water partition coefficient (Wildman–Crippen LogP) is 1.73. The van der Waals surface area contributed by atoms with Crippen LogP contribution in [0.5, 0.6) is 0 Å². The van der Waals surface area contributed by atoms with Gasteiger partial charge in [0.25, 0.3) is 0 Å². The van der Waals surface area contributed by atoms with E-state index in [-0.39, 0.29) is 5.56 Å². The molecule has 13 heavy (non-hydrogen) atoms. The van der Waals surface area contributed by atoms with Crippen molar-refractivity contribution in [1.82, 2.24) is 4.98 Å². The van der Waals surface area contributed by atoms with Crippen LogP contribution in [0.4, 0.5) is 8.78 Å². The monoisotopic (exact) mass is 186 g/mol. The SMILES string of the molecule is CCO/N=C/c1cc(F)ncc1F. The van der Waals surface area contributed by atoms with Gasteiger partial charge in [-0.2, -0.15) is 4.39 Å². The van der Waals surface area contributed by atoms with Crippen molar-refractivity contribution >= 4 is 6.21 Å². The summed E-state index contributed by atoms with van der Waals surface area (Å²) in [6, 6.07) is 0.942. The highest BCUT2D eigenvalue weighted by molar-refractivity contribution is 5.79. The van der Waals surface area contributed by atoms with Crippen molar-refractivity contribution in [3.8, 4) is 0 Å². The van der Waals surface area contributed by atoms with Crippen LogP contribution in [-0.2, 0) is 4.84 Å². The third-order valence-electron chi connectivity index (χ3n) is 1.25. The largest absolute Gasteiger partial charge is 0.396 e. The Morgan fingerprint density at radius 2 is 2.38 bits per heavy atom. The van der Waals surface area contributed by atoms with Crippen molar-refractivity contribution in [3.05, 3.63) is 29.6 Å². The number of aromatic nitrogens is 1. The standard InChI is InChI=1S/C8H8F2N2O/c1-2-13-12-4-6-3-8(10)11-5-7(6)9/h3-5H,2H2,1H3/b12-4+. The van der Waals surface area contributed by atoms with Gasteiger partial charge in [0.1, 0.15) is 6.61 Å². The van der Waals surface area contributed by atoms with E-state index in [1.165, 1.54) is 0 Å². The van der Waals surface area contributed by atoms with E-state index < -0.39 is 11.8 Å². The van der Waals surface area contributed by atoms with E-state index in [0.29, 0.717) is 6.61 Å². The van der Waals surface area contributed by atoms with Crippen LogP contribution in [0.1, 0.15) is 12.5 Å². The molecule has 0 saturated heterocycles. The second-order valence-corrected chi connectivity index (χ2v) is 2.18. The van der Waals surface area contributed by atoms with Gasteiger partial charge in [-0.1, -0.05) is 5.16 Å². The minimum atomic E-state index is -0.751. The average molecular weight is 186 g/mol.